The van der Waals surface area contributed by atoms with Gasteiger partial charge < -0.3 is 34.5 Å². The molecule has 0 saturated carbocycles. The van der Waals surface area contributed by atoms with Gasteiger partial charge in [0.25, 0.3) is 0 Å². The molecule has 1 atom stereocenters. The fourth-order valence-electron chi connectivity index (χ4n) is 4.97. The van der Waals surface area contributed by atoms with E-state index in [0.29, 0.717) is 16.9 Å². The van der Waals surface area contributed by atoms with Gasteiger partial charge in [-0.3, -0.25) is 0 Å². The molecule has 4 N–H and O–H groups in total. The number of aliphatic carboxylic acids is 1. The van der Waals surface area contributed by atoms with Crippen molar-refractivity contribution in [3.8, 4) is 34.1 Å². The van der Waals surface area contributed by atoms with Gasteiger partial charge in [0.05, 0.1) is 17.3 Å². The summed E-state index contributed by atoms with van der Waals surface area (Å²) in [7, 11) is 0. The second-order valence-electron chi connectivity index (χ2n) is 10.6. The Hall–Kier alpha value is -5.02. The minimum Gasteiger partial charge on any atom is -0.487 e. The van der Waals surface area contributed by atoms with Gasteiger partial charge in [0.15, 0.2) is 0 Å². The van der Waals surface area contributed by atoms with Crippen LogP contribution >= 0.6 is 27.5 Å². The second kappa shape index (κ2) is 14.4. The van der Waals surface area contributed by atoms with Crippen LogP contribution in [0.1, 0.15) is 22.6 Å². The highest BCUT2D eigenvalue weighted by molar-refractivity contribution is 9.10. The Balaban J connectivity index is 1.26. The van der Waals surface area contributed by atoms with Crippen LogP contribution in [0, 0.1) is 6.92 Å². The van der Waals surface area contributed by atoms with E-state index in [1.165, 1.54) is 6.07 Å². The topological polar surface area (TPSA) is 186 Å². The van der Waals surface area contributed by atoms with E-state index in [-0.39, 0.29) is 47.9 Å². The molecule has 0 aliphatic rings. The van der Waals surface area contributed by atoms with E-state index in [4.69, 9.17) is 30.1 Å². The lowest BCUT2D eigenvalue weighted by molar-refractivity contribution is -0.138. The third-order valence-corrected chi connectivity index (χ3v) is 8.71. The van der Waals surface area contributed by atoms with Crippen LogP contribution in [0.15, 0.2) is 80.2 Å². The molecule has 246 valence electrons. The fraction of sp³-hybridized carbons (Fsp3) is 0.182. The summed E-state index contributed by atoms with van der Waals surface area (Å²) in [5.41, 5.74) is 6.44. The van der Waals surface area contributed by atoms with Gasteiger partial charge in [0.1, 0.15) is 48.4 Å². The van der Waals surface area contributed by atoms with E-state index in [1.807, 2.05) is 43.3 Å². The monoisotopic (exact) mass is 735 g/mol. The average Bonchev–Trinajstić information content (AvgIpc) is 3.76. The van der Waals surface area contributed by atoms with Crippen LogP contribution in [0.3, 0.4) is 0 Å². The number of aromatic nitrogens is 4. The molecule has 0 amide bonds. The number of aliphatic hydroxyl groups is 2. The van der Waals surface area contributed by atoms with Gasteiger partial charge in [-0.1, -0.05) is 48.0 Å². The highest BCUT2D eigenvalue weighted by atomic mass is 79.9. The van der Waals surface area contributed by atoms with Crippen molar-refractivity contribution in [3.05, 3.63) is 98.8 Å². The zero-order valence-electron chi connectivity index (χ0n) is 25.2. The summed E-state index contributed by atoms with van der Waals surface area (Å²) in [5.74, 6) is -0.272. The van der Waals surface area contributed by atoms with Crippen LogP contribution < -0.4 is 14.8 Å². The molecule has 0 bridgehead atoms. The molecule has 2 aromatic heterocycles. The molecule has 0 saturated heterocycles. The molecule has 6 rings (SSSR count). The van der Waals surface area contributed by atoms with Crippen molar-refractivity contribution in [2.75, 3.05) is 11.9 Å². The Bertz CT molecular complexity index is 2100. The van der Waals surface area contributed by atoms with Crippen LogP contribution in [0.4, 0.5) is 5.69 Å². The number of ether oxygens (including phenoxy) is 2. The zero-order chi connectivity index (χ0) is 33.8. The number of carbonyl (C=O) groups is 1. The summed E-state index contributed by atoms with van der Waals surface area (Å²) >= 11 is 10.4. The van der Waals surface area contributed by atoms with Gasteiger partial charge in [-0.25, -0.2) is 9.42 Å². The van der Waals surface area contributed by atoms with Gasteiger partial charge >= 0.3 is 5.97 Å². The maximum atomic E-state index is 11.7. The zero-order valence-corrected chi connectivity index (χ0v) is 27.5. The number of aliphatic hydroxyl groups excluding tert-OH is 2. The predicted molar refractivity (Wildman–Crippen MR) is 178 cm³/mol. The van der Waals surface area contributed by atoms with E-state index in [9.17, 15) is 20.1 Å². The van der Waals surface area contributed by atoms with Gasteiger partial charge in [-0.2, -0.15) is 0 Å². The minimum absolute atomic E-state index is 0.0896. The number of benzene rings is 4. The number of halogens is 2. The van der Waals surface area contributed by atoms with E-state index < -0.39 is 18.6 Å². The lowest BCUT2D eigenvalue weighted by Crippen LogP contribution is -2.32. The number of rotatable bonds is 13. The number of carboxylic acid groups (broad SMARTS) is 1. The van der Waals surface area contributed by atoms with Crippen LogP contribution in [-0.4, -0.2) is 54.4 Å². The van der Waals surface area contributed by atoms with Gasteiger partial charge in [-0.05, 0) is 79.7 Å². The molecule has 0 aliphatic heterocycles. The summed E-state index contributed by atoms with van der Waals surface area (Å²) in [6.45, 7) is 1.15. The highest BCUT2D eigenvalue weighted by Gasteiger charge is 2.21. The molecule has 6 aromatic rings. The van der Waals surface area contributed by atoms with E-state index >= 15 is 0 Å². The van der Waals surface area contributed by atoms with Crippen LogP contribution in [0.25, 0.3) is 33.6 Å². The summed E-state index contributed by atoms with van der Waals surface area (Å²) < 4.78 is 23.4. The van der Waals surface area contributed by atoms with Crippen LogP contribution in [0.5, 0.6) is 11.5 Å². The molecule has 4 aromatic carbocycles. The van der Waals surface area contributed by atoms with Gasteiger partial charge in [0.2, 0.25) is 11.8 Å². The van der Waals surface area contributed by atoms with Crippen molar-refractivity contribution in [2.45, 2.75) is 32.8 Å². The fourth-order valence-corrected chi connectivity index (χ4v) is 5.78. The second-order valence-corrected chi connectivity index (χ2v) is 11.8. The number of nitrogens with zero attached hydrogens (tertiary/aromatic N) is 4. The first-order valence-corrected chi connectivity index (χ1v) is 15.6. The third-order valence-electron chi connectivity index (χ3n) is 7.48. The molecule has 0 unspecified atom stereocenters. The number of anilines is 1. The highest BCUT2D eigenvalue weighted by Crippen LogP contribution is 2.40. The van der Waals surface area contributed by atoms with Gasteiger partial charge in [-0.15, -0.1) is 10.2 Å². The maximum absolute atomic E-state index is 11.7. The molecule has 2 heterocycles. The van der Waals surface area contributed by atoms with Crippen LogP contribution in [-0.2, 0) is 24.6 Å². The Morgan fingerprint density at radius 1 is 0.938 bits per heavy atom. The molecule has 13 nitrogen and oxygen atoms in total. The standard InChI is InChI=1S/C33H27BrClN5O8/c1-17-20(5-3-6-21(17)32-38-37-30(14-42)47-32)22-7-2-4-19(31(22)34)16-46-28-12-29(26(11-23(28)35)36-27(13-41)33(43)44)45-15-18-8-9-24-25(10-18)40-48-39-24/h2-12,27,36,41-42H,13-16H2,1H3,(H,43,44)/t27-/m1/s1. The Morgan fingerprint density at radius 2 is 1.69 bits per heavy atom. The quantitative estimate of drug-likeness (QED) is 0.106. The first-order valence-electron chi connectivity index (χ1n) is 14.5. The number of carboxylic acids is 1. The van der Waals surface area contributed by atoms with Crippen molar-refractivity contribution >= 4 is 50.2 Å². The third kappa shape index (κ3) is 6.96. The minimum atomic E-state index is -1.30. The molecule has 0 radical (unpaired) electrons. The Kier molecular flexibility index (Phi) is 9.87. The molecule has 0 aliphatic carbocycles. The summed E-state index contributed by atoms with van der Waals surface area (Å²) in [5, 5.41) is 47.0. The molecule has 0 fully saturated rings. The number of hydrogen-bond donors (Lipinski definition) is 4. The largest absolute Gasteiger partial charge is 0.487 e. The van der Waals surface area contributed by atoms with E-state index in [2.05, 4.69) is 41.8 Å². The molecule has 0 spiro atoms. The molecule has 48 heavy (non-hydrogen) atoms. The lowest BCUT2D eigenvalue weighted by atomic mass is 9.95. The van der Waals surface area contributed by atoms with E-state index in [0.717, 1.165) is 37.9 Å². The summed E-state index contributed by atoms with van der Waals surface area (Å²) in [4.78, 5) is 11.7. The van der Waals surface area contributed by atoms with Crippen molar-refractivity contribution in [3.63, 3.8) is 0 Å². The number of hydrogen-bond acceptors (Lipinski definition) is 12. The summed E-state index contributed by atoms with van der Waals surface area (Å²) in [6, 6.07) is 18.6. The number of nitrogens with one attached hydrogen (secondary N) is 1. The molecular formula is C33H27BrClN5O8. The SMILES string of the molecule is Cc1c(-c2nnc(CO)o2)cccc1-c1cccc(COc2cc(OCc3ccc4nonc4c3)c(N[C@H](CO)C(=O)O)cc2Cl)c1Br. The first kappa shape index (κ1) is 32.9. The number of fused-ring (bicyclic) bond motifs is 1. The predicted octanol–water partition coefficient (Wildman–Crippen LogP) is 6.17. The van der Waals surface area contributed by atoms with Crippen molar-refractivity contribution < 1.29 is 38.6 Å². The molecular weight excluding hydrogens is 710 g/mol. The van der Waals surface area contributed by atoms with Crippen molar-refractivity contribution in [1.82, 2.24) is 20.5 Å². The Labute approximate surface area is 286 Å². The van der Waals surface area contributed by atoms with Gasteiger partial charge in [0, 0.05) is 21.7 Å². The van der Waals surface area contributed by atoms with Crippen molar-refractivity contribution in [2.24, 2.45) is 0 Å². The molecule has 15 heteroatoms. The smallest absolute Gasteiger partial charge is 0.328 e. The normalized spacial score (nSPS) is 11.9. The van der Waals surface area contributed by atoms with Crippen LogP contribution in [0.2, 0.25) is 5.02 Å². The Morgan fingerprint density at radius 3 is 2.46 bits per heavy atom. The maximum Gasteiger partial charge on any atom is 0.328 e. The summed E-state index contributed by atoms with van der Waals surface area (Å²) in [6.07, 6.45) is 0. The average molecular weight is 737 g/mol. The van der Waals surface area contributed by atoms with Crippen molar-refractivity contribution in [1.29, 1.82) is 0 Å². The lowest BCUT2D eigenvalue weighted by Gasteiger charge is -2.20. The van der Waals surface area contributed by atoms with E-state index in [1.54, 1.807) is 24.3 Å². The first-order chi connectivity index (χ1) is 23.2.